The van der Waals surface area contributed by atoms with Crippen molar-refractivity contribution in [1.82, 2.24) is 14.9 Å². The molecule has 174 valence electrons. The van der Waals surface area contributed by atoms with Gasteiger partial charge in [-0.1, -0.05) is 6.92 Å². The Kier molecular flexibility index (Phi) is 6.39. The number of rotatable bonds is 7. The van der Waals surface area contributed by atoms with E-state index in [9.17, 15) is 13.5 Å². The molecule has 2 aliphatic rings. The second-order valence-corrected chi connectivity index (χ2v) is 10.0. The molecule has 0 atom stereocenters. The van der Waals surface area contributed by atoms with Gasteiger partial charge in [0.05, 0.1) is 18.9 Å². The maximum absolute atomic E-state index is 13.0. The minimum atomic E-state index is -3.91. The molecule has 1 aliphatic heterocycles. The van der Waals surface area contributed by atoms with Crippen molar-refractivity contribution in [3.8, 4) is 5.88 Å². The van der Waals surface area contributed by atoms with Gasteiger partial charge in [-0.05, 0) is 36.7 Å². The summed E-state index contributed by atoms with van der Waals surface area (Å²) >= 11 is 0. The number of aliphatic hydroxyl groups is 1. The lowest BCUT2D eigenvalue weighted by Gasteiger charge is -2.42. The molecule has 32 heavy (non-hydrogen) atoms. The van der Waals surface area contributed by atoms with Crippen LogP contribution in [-0.2, 0) is 33.2 Å². The van der Waals surface area contributed by atoms with Crippen LogP contribution in [0.2, 0.25) is 0 Å². The second kappa shape index (κ2) is 8.93. The van der Waals surface area contributed by atoms with E-state index in [0.717, 1.165) is 43.7 Å². The molecular weight excluding hydrogens is 432 g/mol. The molecule has 2 aromatic heterocycles. The molecule has 3 heterocycles. The maximum atomic E-state index is 13.0. The molecule has 0 saturated heterocycles. The molecule has 2 aromatic rings. The normalized spacial score (nSPS) is 23.7. The van der Waals surface area contributed by atoms with E-state index < -0.39 is 15.6 Å². The summed E-state index contributed by atoms with van der Waals surface area (Å²) in [7, 11) is -0.834. The Hall–Kier alpha value is -2.27. The largest absolute Gasteiger partial charge is 0.479 e. The molecule has 10 heteroatoms. The smallest absolute Gasteiger partial charge is 0.263 e. The Morgan fingerprint density at radius 1 is 1.25 bits per heavy atom. The van der Waals surface area contributed by atoms with E-state index in [1.807, 2.05) is 6.07 Å². The van der Waals surface area contributed by atoms with Gasteiger partial charge in [-0.15, -0.1) is 0 Å². The van der Waals surface area contributed by atoms with E-state index in [1.54, 1.807) is 13.2 Å². The molecule has 2 N–H and O–H groups in total. The van der Waals surface area contributed by atoms with Gasteiger partial charge in [0.1, 0.15) is 16.2 Å². The van der Waals surface area contributed by atoms with Crippen LogP contribution < -0.4 is 9.46 Å². The van der Waals surface area contributed by atoms with Crippen molar-refractivity contribution in [1.29, 1.82) is 0 Å². The van der Waals surface area contributed by atoms with Crippen molar-refractivity contribution in [2.24, 2.45) is 0 Å². The number of anilines is 1. The number of ether oxygens (including phenoxy) is 2. The third-order valence-corrected chi connectivity index (χ3v) is 7.74. The van der Waals surface area contributed by atoms with Gasteiger partial charge < -0.3 is 19.5 Å². The number of nitrogens with one attached hydrogen (secondary N) is 1. The van der Waals surface area contributed by atoms with Gasteiger partial charge in [-0.2, -0.15) is 0 Å². The van der Waals surface area contributed by atoms with Crippen LogP contribution in [0, 0.1) is 0 Å². The zero-order chi connectivity index (χ0) is 22.9. The summed E-state index contributed by atoms with van der Waals surface area (Å²) < 4.78 is 39.2. The van der Waals surface area contributed by atoms with Crippen LogP contribution in [0.15, 0.2) is 29.3 Å². The van der Waals surface area contributed by atoms with Crippen molar-refractivity contribution >= 4 is 15.7 Å². The first kappa shape index (κ1) is 22.9. The minimum absolute atomic E-state index is 0.00150. The SMILES string of the molecule is CCN1CCc2cc(NS(=O)(=O)c3ccc(C4(O)CC(OC)C4)nc3)c(OC)nc2CC1. The summed E-state index contributed by atoms with van der Waals surface area (Å²) in [4.78, 5) is 11.1. The first-order valence-electron chi connectivity index (χ1n) is 10.8. The van der Waals surface area contributed by atoms with Crippen LogP contribution in [0.1, 0.15) is 36.7 Å². The lowest BCUT2D eigenvalue weighted by atomic mass is 9.75. The number of hydrogen-bond acceptors (Lipinski definition) is 8. The Morgan fingerprint density at radius 2 is 2.00 bits per heavy atom. The fraction of sp³-hybridized carbons (Fsp3) is 0.545. The summed E-state index contributed by atoms with van der Waals surface area (Å²) in [6.07, 6.45) is 3.72. The van der Waals surface area contributed by atoms with Gasteiger partial charge in [-0.3, -0.25) is 9.71 Å². The predicted molar refractivity (Wildman–Crippen MR) is 119 cm³/mol. The Balaban J connectivity index is 1.55. The third kappa shape index (κ3) is 4.45. The quantitative estimate of drug-likeness (QED) is 0.639. The van der Waals surface area contributed by atoms with Gasteiger partial charge in [0.15, 0.2) is 0 Å². The lowest BCUT2D eigenvalue weighted by Crippen LogP contribution is -2.46. The fourth-order valence-electron chi connectivity index (χ4n) is 4.29. The molecule has 0 radical (unpaired) electrons. The first-order valence-corrected chi connectivity index (χ1v) is 12.3. The van der Waals surface area contributed by atoms with Crippen molar-refractivity contribution < 1.29 is 23.0 Å². The van der Waals surface area contributed by atoms with Crippen LogP contribution in [-0.4, -0.2) is 68.4 Å². The highest BCUT2D eigenvalue weighted by Crippen LogP contribution is 2.42. The highest BCUT2D eigenvalue weighted by atomic mass is 32.2. The van der Waals surface area contributed by atoms with Gasteiger partial charge in [0.25, 0.3) is 10.0 Å². The zero-order valence-corrected chi connectivity index (χ0v) is 19.5. The van der Waals surface area contributed by atoms with E-state index in [1.165, 1.54) is 19.4 Å². The van der Waals surface area contributed by atoms with Gasteiger partial charge in [0.2, 0.25) is 5.88 Å². The molecule has 1 aliphatic carbocycles. The Labute approximate surface area is 188 Å². The second-order valence-electron chi connectivity index (χ2n) is 8.37. The number of sulfonamides is 1. The zero-order valence-electron chi connectivity index (χ0n) is 18.7. The first-order chi connectivity index (χ1) is 15.3. The molecule has 0 amide bonds. The van der Waals surface area contributed by atoms with Gasteiger partial charge in [0, 0.05) is 51.4 Å². The van der Waals surface area contributed by atoms with Crippen molar-refractivity contribution in [3.63, 3.8) is 0 Å². The predicted octanol–water partition coefficient (Wildman–Crippen LogP) is 1.70. The molecule has 0 aromatic carbocycles. The molecule has 1 saturated carbocycles. The number of nitrogens with zero attached hydrogens (tertiary/aromatic N) is 3. The van der Waals surface area contributed by atoms with Crippen LogP contribution in [0.5, 0.6) is 5.88 Å². The fourth-order valence-corrected chi connectivity index (χ4v) is 5.29. The van der Waals surface area contributed by atoms with Gasteiger partial charge in [-0.25, -0.2) is 13.4 Å². The number of pyridine rings is 2. The number of fused-ring (bicyclic) bond motifs is 1. The summed E-state index contributed by atoms with van der Waals surface area (Å²) in [5.41, 5.74) is 1.63. The average Bonchev–Trinajstić information content (AvgIpc) is 2.97. The molecule has 0 unspecified atom stereocenters. The lowest BCUT2D eigenvalue weighted by molar-refractivity contribution is -0.135. The van der Waals surface area contributed by atoms with Gasteiger partial charge >= 0.3 is 0 Å². The van der Waals surface area contributed by atoms with E-state index >= 15 is 0 Å². The molecule has 0 spiro atoms. The molecular formula is C22H30N4O5S. The standard InChI is InChI=1S/C22H30N4O5S/c1-4-26-9-7-15-11-19(21(31-3)24-18(15)8-10-26)25-32(28,29)17-5-6-20(23-14-17)22(27)12-16(13-22)30-2/h5-6,11,14,16,25,27H,4,7-10,12-13H2,1-3H3. The summed E-state index contributed by atoms with van der Waals surface area (Å²) in [5, 5.41) is 10.6. The summed E-state index contributed by atoms with van der Waals surface area (Å²) in [6.45, 7) is 4.92. The van der Waals surface area contributed by atoms with Crippen LogP contribution in [0.3, 0.4) is 0 Å². The number of hydrogen-bond donors (Lipinski definition) is 2. The van der Waals surface area contributed by atoms with Crippen molar-refractivity contribution in [3.05, 3.63) is 41.3 Å². The number of aromatic nitrogens is 2. The molecule has 0 bridgehead atoms. The van der Waals surface area contributed by atoms with Crippen molar-refractivity contribution in [2.45, 2.75) is 49.2 Å². The molecule has 1 fully saturated rings. The topological polar surface area (TPSA) is 114 Å². The minimum Gasteiger partial charge on any atom is -0.479 e. The van der Waals surface area contributed by atoms with Crippen LogP contribution in [0.25, 0.3) is 0 Å². The highest BCUT2D eigenvalue weighted by molar-refractivity contribution is 7.92. The Morgan fingerprint density at radius 3 is 2.62 bits per heavy atom. The monoisotopic (exact) mass is 462 g/mol. The number of methoxy groups -OCH3 is 2. The van der Waals surface area contributed by atoms with Crippen LogP contribution in [0.4, 0.5) is 5.69 Å². The van der Waals surface area contributed by atoms with E-state index in [4.69, 9.17) is 9.47 Å². The van der Waals surface area contributed by atoms with Crippen molar-refractivity contribution in [2.75, 3.05) is 38.6 Å². The molecule has 9 nitrogen and oxygen atoms in total. The summed E-state index contributed by atoms with van der Waals surface area (Å²) in [6, 6.07) is 4.82. The van der Waals surface area contributed by atoms with E-state index in [0.29, 0.717) is 24.2 Å². The maximum Gasteiger partial charge on any atom is 0.263 e. The molecule has 4 rings (SSSR count). The van der Waals surface area contributed by atoms with E-state index in [2.05, 4.69) is 26.5 Å². The summed E-state index contributed by atoms with van der Waals surface area (Å²) in [5.74, 6) is 0.247. The number of likely N-dealkylation sites (N-methyl/N-ethyl adjacent to an activating group) is 1. The van der Waals surface area contributed by atoms with E-state index in [-0.39, 0.29) is 16.9 Å². The third-order valence-electron chi connectivity index (χ3n) is 6.39. The highest BCUT2D eigenvalue weighted by Gasteiger charge is 2.45. The Bertz CT molecular complexity index is 1070. The van der Waals surface area contributed by atoms with Crippen LogP contribution >= 0.6 is 0 Å². The average molecular weight is 463 g/mol.